The van der Waals surface area contributed by atoms with Crippen LogP contribution in [0.25, 0.3) is 0 Å². The van der Waals surface area contributed by atoms with E-state index in [1.54, 1.807) is 24.3 Å². The molecule has 2 aromatic rings. The van der Waals surface area contributed by atoms with Crippen molar-refractivity contribution in [3.63, 3.8) is 0 Å². The Labute approximate surface area is 174 Å². The van der Waals surface area contributed by atoms with E-state index in [2.05, 4.69) is 21.2 Å². The quantitative estimate of drug-likeness (QED) is 0.457. The van der Waals surface area contributed by atoms with Crippen LogP contribution in [0.15, 0.2) is 53.0 Å². The second-order valence-electron chi connectivity index (χ2n) is 5.74. The highest BCUT2D eigenvalue weighted by atomic mass is 79.9. The number of nitrogens with one attached hydrogen (secondary N) is 1. The maximum absolute atomic E-state index is 12.3. The van der Waals surface area contributed by atoms with E-state index in [1.807, 2.05) is 0 Å². The summed E-state index contributed by atoms with van der Waals surface area (Å²) in [5.41, 5.74) is 5.73. The largest absolute Gasteiger partial charge is 0.456 e. The van der Waals surface area contributed by atoms with Crippen LogP contribution in [0.5, 0.6) is 0 Å². The highest BCUT2D eigenvalue weighted by Gasteiger charge is 2.25. The first-order valence-corrected chi connectivity index (χ1v) is 9.23. The molecule has 28 heavy (non-hydrogen) atoms. The minimum Gasteiger partial charge on any atom is -0.456 e. The predicted octanol–water partition coefficient (Wildman–Crippen LogP) is 2.50. The molecule has 2 rings (SSSR count). The number of benzene rings is 2. The molecule has 0 aliphatic carbocycles. The molecular weight excluding hydrogens is 452 g/mol. The Morgan fingerprint density at radius 1 is 1.00 bits per heavy atom. The van der Waals surface area contributed by atoms with Crippen LogP contribution in [0.2, 0.25) is 5.02 Å². The van der Waals surface area contributed by atoms with Gasteiger partial charge in [-0.2, -0.15) is 0 Å². The van der Waals surface area contributed by atoms with E-state index in [-0.39, 0.29) is 5.56 Å². The summed E-state index contributed by atoms with van der Waals surface area (Å²) in [6.45, 7) is -0.535. The lowest BCUT2D eigenvalue weighted by molar-refractivity contribution is -0.146. The van der Waals surface area contributed by atoms with E-state index in [0.717, 1.165) is 4.47 Å². The Bertz CT molecular complexity index is 884. The van der Waals surface area contributed by atoms with Gasteiger partial charge in [0.1, 0.15) is 6.04 Å². The van der Waals surface area contributed by atoms with Crippen molar-refractivity contribution in [1.82, 2.24) is 5.32 Å². The molecule has 3 N–H and O–H groups in total. The highest BCUT2D eigenvalue weighted by molar-refractivity contribution is 9.10. The fourth-order valence-corrected chi connectivity index (χ4v) is 2.58. The van der Waals surface area contributed by atoms with Gasteiger partial charge in [-0.15, -0.1) is 0 Å². The number of hydrogen-bond donors (Lipinski definition) is 2. The third-order valence-electron chi connectivity index (χ3n) is 3.61. The minimum absolute atomic E-state index is 0.234. The van der Waals surface area contributed by atoms with Gasteiger partial charge >= 0.3 is 5.97 Å². The van der Waals surface area contributed by atoms with Gasteiger partial charge in [-0.3, -0.25) is 14.4 Å². The number of rotatable bonds is 8. The number of hydrogen-bond acceptors (Lipinski definition) is 5. The molecule has 0 saturated heterocycles. The molecule has 2 aromatic carbocycles. The second kappa shape index (κ2) is 10.0. The zero-order valence-electron chi connectivity index (χ0n) is 14.5. The molecule has 0 aliphatic rings. The monoisotopic (exact) mass is 466 g/mol. The van der Waals surface area contributed by atoms with Crippen LogP contribution >= 0.6 is 27.5 Å². The number of carbonyl (C=O) groups is 4. The summed E-state index contributed by atoms with van der Waals surface area (Å²) in [5, 5.41) is 2.82. The van der Waals surface area contributed by atoms with Gasteiger partial charge in [0.2, 0.25) is 5.91 Å². The average Bonchev–Trinajstić information content (AvgIpc) is 2.66. The Morgan fingerprint density at radius 3 is 2.14 bits per heavy atom. The standard InChI is InChI=1S/C19H16BrClN2O5/c20-13-5-1-11(2-6-13)16(24)10-28-19(27)15(9-17(22)25)23-18(26)12-3-7-14(21)8-4-12/h1-8,15H,9-10H2,(H2,22,25)(H,23,26)/t15-/m1/s1. The van der Waals surface area contributed by atoms with Gasteiger partial charge < -0.3 is 15.8 Å². The molecule has 9 heteroatoms. The zero-order chi connectivity index (χ0) is 20.7. The molecule has 0 aromatic heterocycles. The van der Waals surface area contributed by atoms with Crippen LogP contribution in [-0.4, -0.2) is 36.2 Å². The molecule has 146 valence electrons. The Kier molecular flexibility index (Phi) is 7.71. The lowest BCUT2D eigenvalue weighted by atomic mass is 10.1. The number of ether oxygens (including phenoxy) is 1. The summed E-state index contributed by atoms with van der Waals surface area (Å²) < 4.78 is 5.76. The van der Waals surface area contributed by atoms with E-state index in [0.29, 0.717) is 10.6 Å². The van der Waals surface area contributed by atoms with Crippen molar-refractivity contribution in [2.75, 3.05) is 6.61 Å². The smallest absolute Gasteiger partial charge is 0.329 e. The molecule has 0 fully saturated rings. The van der Waals surface area contributed by atoms with Crippen molar-refractivity contribution in [3.05, 3.63) is 69.2 Å². The summed E-state index contributed by atoms with van der Waals surface area (Å²) in [5.74, 6) is -2.79. The molecule has 0 spiro atoms. The van der Waals surface area contributed by atoms with Gasteiger partial charge in [-0.1, -0.05) is 39.7 Å². The average molecular weight is 468 g/mol. The van der Waals surface area contributed by atoms with Crippen molar-refractivity contribution < 1.29 is 23.9 Å². The maximum atomic E-state index is 12.3. The topological polar surface area (TPSA) is 116 Å². The number of amides is 2. The fraction of sp³-hybridized carbons (Fsp3) is 0.158. The minimum atomic E-state index is -1.32. The number of esters is 1. The molecule has 0 aliphatic heterocycles. The van der Waals surface area contributed by atoms with Crippen molar-refractivity contribution in [1.29, 1.82) is 0 Å². The normalized spacial score (nSPS) is 11.4. The number of primary amides is 1. The third kappa shape index (κ3) is 6.47. The molecule has 0 bridgehead atoms. The first-order chi connectivity index (χ1) is 13.3. The lowest BCUT2D eigenvalue weighted by Gasteiger charge is -2.16. The number of nitrogens with two attached hydrogens (primary N) is 1. The maximum Gasteiger partial charge on any atom is 0.329 e. The van der Waals surface area contributed by atoms with Gasteiger partial charge in [0, 0.05) is 20.6 Å². The summed E-state index contributed by atoms with van der Waals surface area (Å²) in [7, 11) is 0. The molecule has 0 radical (unpaired) electrons. The van der Waals surface area contributed by atoms with Gasteiger partial charge in [-0.25, -0.2) is 4.79 Å². The first-order valence-electron chi connectivity index (χ1n) is 8.06. The van der Waals surface area contributed by atoms with Gasteiger partial charge in [-0.05, 0) is 36.4 Å². The summed E-state index contributed by atoms with van der Waals surface area (Å²) in [6, 6.07) is 11.1. The molecule has 1 atom stereocenters. The predicted molar refractivity (Wildman–Crippen MR) is 106 cm³/mol. The molecule has 7 nitrogen and oxygen atoms in total. The first kappa shape index (κ1) is 21.6. The third-order valence-corrected chi connectivity index (χ3v) is 4.39. The van der Waals surface area contributed by atoms with Crippen LogP contribution in [0, 0.1) is 0 Å². The van der Waals surface area contributed by atoms with Gasteiger partial charge in [0.15, 0.2) is 12.4 Å². The molecule has 0 saturated carbocycles. The number of ketones is 1. The summed E-state index contributed by atoms with van der Waals surface area (Å²) in [6.07, 6.45) is -0.468. The molecular formula is C19H16BrClN2O5. The van der Waals surface area contributed by atoms with E-state index < -0.39 is 42.6 Å². The van der Waals surface area contributed by atoms with Crippen LogP contribution in [0.4, 0.5) is 0 Å². The van der Waals surface area contributed by atoms with E-state index in [9.17, 15) is 19.2 Å². The summed E-state index contributed by atoms with van der Waals surface area (Å²) in [4.78, 5) is 47.9. The molecule has 0 heterocycles. The van der Waals surface area contributed by atoms with Gasteiger partial charge in [0.05, 0.1) is 6.42 Å². The zero-order valence-corrected chi connectivity index (χ0v) is 16.8. The van der Waals surface area contributed by atoms with Crippen LogP contribution in [0.1, 0.15) is 27.1 Å². The second-order valence-corrected chi connectivity index (χ2v) is 7.09. The van der Waals surface area contributed by atoms with Crippen molar-refractivity contribution >= 4 is 51.1 Å². The fourth-order valence-electron chi connectivity index (χ4n) is 2.19. The SMILES string of the molecule is NC(=O)C[C@@H](NC(=O)c1ccc(Cl)cc1)C(=O)OCC(=O)c1ccc(Br)cc1. The van der Waals surface area contributed by atoms with Crippen LogP contribution < -0.4 is 11.1 Å². The Hall–Kier alpha value is -2.71. The number of Topliss-reactive ketones (excluding diaryl/α,β-unsaturated/α-hetero) is 1. The molecule has 0 unspecified atom stereocenters. The van der Waals surface area contributed by atoms with Crippen LogP contribution in [-0.2, 0) is 14.3 Å². The van der Waals surface area contributed by atoms with Gasteiger partial charge in [0.25, 0.3) is 5.91 Å². The Morgan fingerprint density at radius 2 is 1.57 bits per heavy atom. The highest BCUT2D eigenvalue weighted by Crippen LogP contribution is 2.12. The van der Waals surface area contributed by atoms with Crippen molar-refractivity contribution in [2.24, 2.45) is 5.73 Å². The van der Waals surface area contributed by atoms with Crippen molar-refractivity contribution in [2.45, 2.75) is 12.5 Å². The van der Waals surface area contributed by atoms with Crippen LogP contribution in [0.3, 0.4) is 0 Å². The summed E-state index contributed by atoms with van der Waals surface area (Å²) >= 11 is 9.03. The van der Waals surface area contributed by atoms with E-state index >= 15 is 0 Å². The van der Waals surface area contributed by atoms with E-state index in [4.69, 9.17) is 22.1 Å². The number of halogens is 2. The van der Waals surface area contributed by atoms with E-state index in [1.165, 1.54) is 24.3 Å². The number of carbonyl (C=O) groups excluding carboxylic acids is 4. The Balaban J connectivity index is 2.00. The van der Waals surface area contributed by atoms with Crippen molar-refractivity contribution in [3.8, 4) is 0 Å². The lowest BCUT2D eigenvalue weighted by Crippen LogP contribution is -2.44. The molecule has 2 amide bonds.